The van der Waals surface area contributed by atoms with Crippen LogP contribution in [-0.2, 0) is 16.1 Å². The highest BCUT2D eigenvalue weighted by atomic mass is 35.5. The van der Waals surface area contributed by atoms with Crippen LogP contribution in [0.1, 0.15) is 12.0 Å². The van der Waals surface area contributed by atoms with E-state index in [-0.39, 0.29) is 19.5 Å². The number of alkyl halides is 3. The Hall–Kier alpha value is -1.76. The van der Waals surface area contributed by atoms with E-state index in [4.69, 9.17) is 11.6 Å². The molecule has 0 aliphatic carbocycles. The third-order valence-electron chi connectivity index (χ3n) is 2.33. The first-order chi connectivity index (χ1) is 9.30. The van der Waals surface area contributed by atoms with E-state index < -0.39 is 18.0 Å². The van der Waals surface area contributed by atoms with Crippen LogP contribution in [0, 0.1) is 0 Å². The van der Waals surface area contributed by atoms with E-state index in [9.17, 15) is 22.8 Å². The van der Waals surface area contributed by atoms with E-state index >= 15 is 0 Å². The predicted molar refractivity (Wildman–Crippen MR) is 67.0 cm³/mol. The quantitative estimate of drug-likeness (QED) is 0.874. The Morgan fingerprint density at radius 2 is 1.80 bits per heavy atom. The summed E-state index contributed by atoms with van der Waals surface area (Å²) in [6, 6.07) is 6.86. The highest BCUT2D eigenvalue weighted by Crippen LogP contribution is 2.14. The molecule has 0 spiro atoms. The molecule has 20 heavy (non-hydrogen) atoms. The molecule has 4 nitrogen and oxygen atoms in total. The number of amides is 2. The van der Waals surface area contributed by atoms with Crippen molar-refractivity contribution >= 4 is 23.4 Å². The summed E-state index contributed by atoms with van der Waals surface area (Å²) in [6.45, 7) is -0.210. The minimum absolute atomic E-state index is 0.172. The van der Waals surface area contributed by atoms with Crippen molar-refractivity contribution in [2.45, 2.75) is 19.1 Å². The van der Waals surface area contributed by atoms with Crippen molar-refractivity contribution in [2.75, 3.05) is 6.54 Å². The summed E-state index contributed by atoms with van der Waals surface area (Å²) in [4.78, 5) is 21.9. The maximum absolute atomic E-state index is 11.9. The third-order valence-corrected chi connectivity index (χ3v) is 2.70. The van der Waals surface area contributed by atoms with Crippen molar-refractivity contribution in [2.24, 2.45) is 0 Å². The Labute approximate surface area is 118 Å². The molecule has 0 aliphatic rings. The molecule has 2 amide bonds. The van der Waals surface area contributed by atoms with Gasteiger partial charge in [0.05, 0.1) is 0 Å². The van der Waals surface area contributed by atoms with Crippen molar-refractivity contribution in [3.8, 4) is 0 Å². The zero-order valence-corrected chi connectivity index (χ0v) is 11.0. The fourth-order valence-corrected chi connectivity index (χ4v) is 1.52. The lowest BCUT2D eigenvalue weighted by Gasteiger charge is -2.09. The standard InChI is InChI=1S/C12H12ClF3N2O2/c13-9-4-2-1-3-8(9)7-18-10(19)5-6-17-11(20)12(14,15)16/h1-4H,5-7H2,(H,17,20)(H,18,19). The van der Waals surface area contributed by atoms with Crippen LogP contribution in [0.3, 0.4) is 0 Å². The number of halogens is 4. The summed E-state index contributed by atoms with van der Waals surface area (Å²) in [5.74, 6) is -2.54. The maximum atomic E-state index is 11.9. The Balaban J connectivity index is 2.28. The molecule has 1 aromatic rings. The molecule has 0 aliphatic heterocycles. The van der Waals surface area contributed by atoms with Gasteiger partial charge in [-0.15, -0.1) is 0 Å². The van der Waals surface area contributed by atoms with Gasteiger partial charge in [0.25, 0.3) is 0 Å². The Morgan fingerprint density at radius 3 is 2.40 bits per heavy atom. The second-order valence-corrected chi connectivity index (χ2v) is 4.28. The largest absolute Gasteiger partial charge is 0.471 e. The Bertz CT molecular complexity index is 492. The first-order valence-electron chi connectivity index (χ1n) is 5.66. The van der Waals surface area contributed by atoms with E-state index in [0.29, 0.717) is 10.6 Å². The molecule has 0 heterocycles. The second-order valence-electron chi connectivity index (χ2n) is 3.87. The number of carbonyl (C=O) groups excluding carboxylic acids is 2. The van der Waals surface area contributed by atoms with Crippen molar-refractivity contribution in [1.82, 2.24) is 10.6 Å². The van der Waals surface area contributed by atoms with Crippen LogP contribution in [0.25, 0.3) is 0 Å². The van der Waals surface area contributed by atoms with Gasteiger partial charge in [0.15, 0.2) is 0 Å². The van der Waals surface area contributed by atoms with Gasteiger partial charge in [0.1, 0.15) is 0 Å². The number of benzene rings is 1. The van der Waals surface area contributed by atoms with Crippen LogP contribution in [0.2, 0.25) is 5.02 Å². The van der Waals surface area contributed by atoms with Crippen molar-refractivity contribution < 1.29 is 22.8 Å². The molecule has 0 atom stereocenters. The average Bonchev–Trinajstić information content (AvgIpc) is 2.36. The molecule has 1 rings (SSSR count). The first-order valence-corrected chi connectivity index (χ1v) is 6.03. The molecule has 0 fully saturated rings. The van der Waals surface area contributed by atoms with E-state index in [0.717, 1.165) is 0 Å². The number of rotatable bonds is 5. The van der Waals surface area contributed by atoms with E-state index in [1.165, 1.54) is 0 Å². The van der Waals surface area contributed by atoms with Gasteiger partial charge in [-0.3, -0.25) is 9.59 Å². The number of hydrogen-bond acceptors (Lipinski definition) is 2. The van der Waals surface area contributed by atoms with E-state index in [1.807, 2.05) is 0 Å². The van der Waals surface area contributed by atoms with Crippen LogP contribution >= 0.6 is 11.6 Å². The molecule has 0 saturated heterocycles. The van der Waals surface area contributed by atoms with E-state index in [1.54, 1.807) is 29.6 Å². The van der Waals surface area contributed by atoms with Gasteiger partial charge >= 0.3 is 12.1 Å². The fraction of sp³-hybridized carbons (Fsp3) is 0.333. The minimum atomic E-state index is -4.94. The minimum Gasteiger partial charge on any atom is -0.352 e. The summed E-state index contributed by atoms with van der Waals surface area (Å²) in [5, 5.41) is 4.59. The molecule has 110 valence electrons. The van der Waals surface area contributed by atoms with Gasteiger partial charge in [-0.1, -0.05) is 29.8 Å². The monoisotopic (exact) mass is 308 g/mol. The van der Waals surface area contributed by atoms with Gasteiger partial charge in [0.2, 0.25) is 5.91 Å². The predicted octanol–water partition coefficient (Wildman–Crippen LogP) is 2.02. The van der Waals surface area contributed by atoms with E-state index in [2.05, 4.69) is 5.32 Å². The van der Waals surface area contributed by atoms with Gasteiger partial charge in [-0.2, -0.15) is 13.2 Å². The number of carbonyl (C=O) groups is 2. The summed E-state index contributed by atoms with van der Waals surface area (Å²) >= 11 is 5.87. The normalized spacial score (nSPS) is 11.0. The van der Waals surface area contributed by atoms with Crippen molar-refractivity contribution in [3.63, 3.8) is 0 Å². The SMILES string of the molecule is O=C(CCNC(=O)C(F)(F)F)NCc1ccccc1Cl. The van der Waals surface area contributed by atoms with Crippen LogP contribution in [0.5, 0.6) is 0 Å². The molecule has 0 unspecified atom stereocenters. The molecule has 2 N–H and O–H groups in total. The molecule has 0 radical (unpaired) electrons. The van der Waals surface area contributed by atoms with Crippen molar-refractivity contribution in [1.29, 1.82) is 0 Å². The lowest BCUT2D eigenvalue weighted by atomic mass is 10.2. The van der Waals surface area contributed by atoms with Crippen molar-refractivity contribution in [3.05, 3.63) is 34.9 Å². The van der Waals surface area contributed by atoms with Crippen LogP contribution < -0.4 is 10.6 Å². The third kappa shape index (κ3) is 5.48. The summed E-state index contributed by atoms with van der Waals surface area (Å²) in [7, 11) is 0. The first kappa shape index (κ1) is 16.3. The Morgan fingerprint density at radius 1 is 1.15 bits per heavy atom. The molecular formula is C12H12ClF3N2O2. The highest BCUT2D eigenvalue weighted by Gasteiger charge is 2.38. The lowest BCUT2D eigenvalue weighted by molar-refractivity contribution is -0.173. The van der Waals surface area contributed by atoms with Gasteiger partial charge in [-0.25, -0.2) is 0 Å². The molecule has 1 aromatic carbocycles. The molecule has 8 heteroatoms. The average molecular weight is 309 g/mol. The second kappa shape index (κ2) is 7.14. The zero-order chi connectivity index (χ0) is 15.2. The van der Waals surface area contributed by atoms with Gasteiger partial charge < -0.3 is 10.6 Å². The lowest BCUT2D eigenvalue weighted by Crippen LogP contribution is -2.38. The smallest absolute Gasteiger partial charge is 0.352 e. The van der Waals surface area contributed by atoms with Crippen LogP contribution in [0.15, 0.2) is 24.3 Å². The summed E-state index contributed by atoms with van der Waals surface area (Å²) in [5.41, 5.74) is 0.696. The van der Waals surface area contributed by atoms with Crippen LogP contribution in [0.4, 0.5) is 13.2 Å². The zero-order valence-electron chi connectivity index (χ0n) is 10.3. The molecule has 0 aromatic heterocycles. The van der Waals surface area contributed by atoms with Gasteiger partial charge in [0, 0.05) is 24.5 Å². The Kier molecular flexibility index (Phi) is 5.82. The van der Waals surface area contributed by atoms with Gasteiger partial charge in [-0.05, 0) is 11.6 Å². The summed E-state index contributed by atoms with van der Waals surface area (Å²) in [6.07, 6.45) is -5.18. The van der Waals surface area contributed by atoms with Crippen LogP contribution in [-0.4, -0.2) is 24.5 Å². The maximum Gasteiger partial charge on any atom is 0.471 e. The molecular weight excluding hydrogens is 297 g/mol. The topological polar surface area (TPSA) is 58.2 Å². The highest BCUT2D eigenvalue weighted by molar-refractivity contribution is 6.31. The fourth-order valence-electron chi connectivity index (χ4n) is 1.31. The molecule has 0 saturated carbocycles. The number of hydrogen-bond donors (Lipinski definition) is 2. The summed E-state index contributed by atoms with van der Waals surface area (Å²) < 4.78 is 35.6. The number of nitrogens with one attached hydrogen (secondary N) is 2. The molecule has 0 bridgehead atoms.